The first kappa shape index (κ1) is 14.0. The Morgan fingerprint density at radius 3 is 3.00 bits per heavy atom. The van der Waals surface area contributed by atoms with Gasteiger partial charge in [0, 0.05) is 17.5 Å². The van der Waals surface area contributed by atoms with Crippen molar-refractivity contribution in [1.82, 2.24) is 4.98 Å². The van der Waals surface area contributed by atoms with Crippen LogP contribution in [0.4, 0.5) is 11.5 Å². The molecule has 2 aromatic heterocycles. The summed E-state index contributed by atoms with van der Waals surface area (Å²) >= 11 is 1.67. The van der Waals surface area contributed by atoms with Crippen molar-refractivity contribution in [2.24, 2.45) is 0 Å². The molecule has 1 saturated heterocycles. The van der Waals surface area contributed by atoms with E-state index in [0.29, 0.717) is 18.8 Å². The molecule has 3 rings (SSSR count). The fourth-order valence-corrected chi connectivity index (χ4v) is 3.18. The number of thiophene rings is 1. The Labute approximate surface area is 126 Å². The highest BCUT2D eigenvalue weighted by atomic mass is 32.1. The average Bonchev–Trinajstić information content (AvgIpc) is 3.01. The third-order valence-electron chi connectivity index (χ3n) is 3.49. The fourth-order valence-electron chi connectivity index (χ4n) is 2.41. The highest BCUT2D eigenvalue weighted by molar-refractivity contribution is 7.10. The quantitative estimate of drug-likeness (QED) is 0.644. The van der Waals surface area contributed by atoms with Gasteiger partial charge in [-0.05, 0) is 24.4 Å². The van der Waals surface area contributed by atoms with E-state index in [2.05, 4.69) is 16.0 Å². The van der Waals surface area contributed by atoms with Crippen LogP contribution in [0.3, 0.4) is 0 Å². The smallest absolute Gasteiger partial charge is 0.290 e. The van der Waals surface area contributed by atoms with Crippen LogP contribution in [0.2, 0.25) is 0 Å². The topological polar surface area (TPSA) is 68.5 Å². The van der Waals surface area contributed by atoms with E-state index in [-0.39, 0.29) is 11.8 Å². The summed E-state index contributed by atoms with van der Waals surface area (Å²) in [5.41, 5.74) is 0.499. The molecule has 1 aliphatic rings. The van der Waals surface area contributed by atoms with Crippen molar-refractivity contribution in [3.05, 3.63) is 50.3 Å². The molecular formula is C14H15N3O3S. The minimum atomic E-state index is -0.403. The molecule has 1 fully saturated rings. The van der Waals surface area contributed by atoms with Crippen molar-refractivity contribution in [3.8, 4) is 0 Å². The largest absolute Gasteiger partial charge is 0.369 e. The Morgan fingerprint density at radius 1 is 1.48 bits per heavy atom. The normalized spacial score (nSPS) is 18.7. The molecule has 3 heterocycles. The summed E-state index contributed by atoms with van der Waals surface area (Å²) in [6, 6.07) is 7.30. The van der Waals surface area contributed by atoms with Gasteiger partial charge in [0.25, 0.3) is 5.69 Å². The van der Waals surface area contributed by atoms with Crippen LogP contribution in [0.25, 0.3) is 0 Å². The molecule has 0 radical (unpaired) electrons. The van der Waals surface area contributed by atoms with Gasteiger partial charge < -0.3 is 9.64 Å². The summed E-state index contributed by atoms with van der Waals surface area (Å²) in [4.78, 5) is 18.1. The first-order chi connectivity index (χ1) is 10.1. The number of aromatic nitrogens is 1. The summed E-state index contributed by atoms with van der Waals surface area (Å²) < 4.78 is 5.80. The van der Waals surface area contributed by atoms with Gasteiger partial charge in [-0.15, -0.1) is 11.3 Å². The molecule has 7 heteroatoms. The molecule has 110 valence electrons. The van der Waals surface area contributed by atoms with E-state index in [4.69, 9.17) is 4.74 Å². The number of nitro groups is 1. The second-order valence-corrected chi connectivity index (χ2v) is 5.83. The van der Waals surface area contributed by atoms with Crippen molar-refractivity contribution in [3.63, 3.8) is 0 Å². The van der Waals surface area contributed by atoms with E-state index in [9.17, 15) is 10.1 Å². The number of hydrogen-bond donors (Lipinski definition) is 0. The molecule has 0 aliphatic carbocycles. The Bertz CT molecular complexity index is 645. The molecule has 6 nitrogen and oxygen atoms in total. The summed E-state index contributed by atoms with van der Waals surface area (Å²) in [5, 5.41) is 12.9. The lowest BCUT2D eigenvalue weighted by Gasteiger charge is -2.33. The molecule has 1 aliphatic heterocycles. The third kappa shape index (κ3) is 2.88. The van der Waals surface area contributed by atoms with E-state index in [0.717, 1.165) is 12.4 Å². The van der Waals surface area contributed by atoms with Gasteiger partial charge in [0.15, 0.2) is 0 Å². The van der Waals surface area contributed by atoms with Gasteiger partial charge >= 0.3 is 0 Å². The van der Waals surface area contributed by atoms with Crippen molar-refractivity contribution in [2.45, 2.75) is 13.0 Å². The zero-order valence-electron chi connectivity index (χ0n) is 11.6. The number of ether oxygens (including phenoxy) is 1. The molecule has 0 aromatic carbocycles. The number of rotatable bonds is 3. The standard InChI is InChI=1S/C14H15N3O3S/c1-10-11(17(18)19)4-5-14(15-10)16-6-7-20-12(9-16)13-3-2-8-21-13/h2-5,8,12H,6-7,9H2,1H3. The number of morpholine rings is 1. The van der Waals surface area contributed by atoms with Gasteiger partial charge in [0.05, 0.1) is 18.1 Å². The van der Waals surface area contributed by atoms with Gasteiger partial charge in [-0.3, -0.25) is 10.1 Å². The van der Waals surface area contributed by atoms with Gasteiger partial charge in [0.2, 0.25) is 0 Å². The molecule has 1 unspecified atom stereocenters. The Hall–Kier alpha value is -1.99. The monoisotopic (exact) mass is 305 g/mol. The Kier molecular flexibility index (Phi) is 3.85. The highest BCUT2D eigenvalue weighted by Gasteiger charge is 2.24. The van der Waals surface area contributed by atoms with Crippen LogP contribution >= 0.6 is 11.3 Å². The molecule has 21 heavy (non-hydrogen) atoms. The Balaban J connectivity index is 1.80. The summed E-state index contributed by atoms with van der Waals surface area (Å²) in [6.45, 7) is 3.75. The SMILES string of the molecule is Cc1nc(N2CCOC(c3cccs3)C2)ccc1[N+](=O)[O-]. The average molecular weight is 305 g/mol. The van der Waals surface area contributed by atoms with Gasteiger partial charge in [0.1, 0.15) is 17.6 Å². The molecular weight excluding hydrogens is 290 g/mol. The third-order valence-corrected chi connectivity index (χ3v) is 4.46. The molecule has 0 saturated carbocycles. The maximum atomic E-state index is 10.9. The second kappa shape index (κ2) is 5.79. The predicted molar refractivity (Wildman–Crippen MR) is 80.9 cm³/mol. The molecule has 0 amide bonds. The van der Waals surface area contributed by atoms with Crippen LogP contribution < -0.4 is 4.90 Å². The van der Waals surface area contributed by atoms with Crippen LogP contribution in [0, 0.1) is 17.0 Å². The van der Waals surface area contributed by atoms with Crippen LogP contribution in [0.1, 0.15) is 16.7 Å². The second-order valence-electron chi connectivity index (χ2n) is 4.85. The van der Waals surface area contributed by atoms with Gasteiger partial charge in [-0.1, -0.05) is 6.07 Å². The van der Waals surface area contributed by atoms with Crippen LogP contribution in [-0.4, -0.2) is 29.6 Å². The van der Waals surface area contributed by atoms with Crippen molar-refractivity contribution in [1.29, 1.82) is 0 Å². The minimum absolute atomic E-state index is 0.0380. The van der Waals surface area contributed by atoms with E-state index >= 15 is 0 Å². The van der Waals surface area contributed by atoms with E-state index < -0.39 is 4.92 Å². The molecule has 0 N–H and O–H groups in total. The lowest BCUT2D eigenvalue weighted by atomic mass is 10.2. The number of nitrogens with zero attached hydrogens (tertiary/aromatic N) is 3. The van der Waals surface area contributed by atoms with Crippen LogP contribution in [0.15, 0.2) is 29.6 Å². The summed E-state index contributed by atoms with van der Waals surface area (Å²) in [6.07, 6.45) is 0.0380. The predicted octanol–water partition coefficient (Wildman–Crippen LogP) is 2.94. The lowest BCUT2D eigenvalue weighted by Crippen LogP contribution is -2.38. The maximum Gasteiger partial charge on any atom is 0.290 e. The lowest BCUT2D eigenvalue weighted by molar-refractivity contribution is -0.385. The van der Waals surface area contributed by atoms with Crippen LogP contribution in [0.5, 0.6) is 0 Å². The molecule has 2 aromatic rings. The van der Waals surface area contributed by atoms with E-state index in [1.807, 2.05) is 11.4 Å². The first-order valence-corrected chi connectivity index (χ1v) is 7.55. The molecule has 1 atom stereocenters. The number of pyridine rings is 1. The Morgan fingerprint density at radius 2 is 2.33 bits per heavy atom. The highest BCUT2D eigenvalue weighted by Crippen LogP contribution is 2.29. The zero-order chi connectivity index (χ0) is 14.8. The fraction of sp³-hybridized carbons (Fsp3) is 0.357. The first-order valence-electron chi connectivity index (χ1n) is 6.67. The molecule has 0 bridgehead atoms. The van der Waals surface area contributed by atoms with E-state index in [1.165, 1.54) is 10.9 Å². The van der Waals surface area contributed by atoms with Crippen molar-refractivity contribution >= 4 is 22.8 Å². The summed E-state index contributed by atoms with van der Waals surface area (Å²) in [7, 11) is 0. The summed E-state index contributed by atoms with van der Waals surface area (Å²) in [5.74, 6) is 0.767. The number of anilines is 1. The van der Waals surface area contributed by atoms with Crippen molar-refractivity contribution in [2.75, 3.05) is 24.6 Å². The number of hydrogen-bond acceptors (Lipinski definition) is 6. The molecule has 0 spiro atoms. The van der Waals surface area contributed by atoms with Gasteiger partial charge in [-0.25, -0.2) is 4.98 Å². The minimum Gasteiger partial charge on any atom is -0.369 e. The number of aryl methyl sites for hydroxylation is 1. The maximum absolute atomic E-state index is 10.9. The zero-order valence-corrected chi connectivity index (χ0v) is 12.4. The van der Waals surface area contributed by atoms with Crippen molar-refractivity contribution < 1.29 is 9.66 Å². The van der Waals surface area contributed by atoms with Gasteiger partial charge in [-0.2, -0.15) is 0 Å². The van der Waals surface area contributed by atoms with Crippen LogP contribution in [-0.2, 0) is 4.74 Å². The van der Waals surface area contributed by atoms with E-state index in [1.54, 1.807) is 24.3 Å².